The number of rotatable bonds is 3. The fourth-order valence-electron chi connectivity index (χ4n) is 1.97. The van der Waals surface area contributed by atoms with Crippen LogP contribution >= 0.6 is 11.6 Å². The molecular weight excluding hydrogens is 369 g/mol. The fraction of sp³-hybridized carbons (Fsp3) is 0.111. The number of alkyl halides is 3. The highest BCUT2D eigenvalue weighted by Crippen LogP contribution is 2.35. The summed E-state index contributed by atoms with van der Waals surface area (Å²) in [4.78, 5) is 23.5. The smallest absolute Gasteiger partial charge is 0.268 e. The summed E-state index contributed by atoms with van der Waals surface area (Å²) >= 11 is 5.53. The first-order chi connectivity index (χ1) is 12.2. The molecule has 0 atom stereocenters. The van der Waals surface area contributed by atoms with Crippen LogP contribution in [0.1, 0.15) is 27.0 Å². The summed E-state index contributed by atoms with van der Waals surface area (Å²) in [5, 5.41) is -0.426. The Morgan fingerprint density at radius 3 is 2.31 bits per heavy atom. The minimum Gasteiger partial charge on any atom is -0.268 e. The Balaban J connectivity index is 1.97. The Hall–Kier alpha value is -2.80. The second kappa shape index (κ2) is 8.05. The monoisotopic (exact) mass is 382 g/mol. The van der Waals surface area contributed by atoms with Crippen LogP contribution in [0.4, 0.5) is 13.2 Å². The molecule has 0 radical (unpaired) electrons. The van der Waals surface area contributed by atoms with Crippen LogP contribution in [-0.4, -0.2) is 11.8 Å². The van der Waals surface area contributed by atoms with Gasteiger partial charge < -0.3 is 0 Å². The van der Waals surface area contributed by atoms with Gasteiger partial charge in [-0.1, -0.05) is 35.4 Å². The Kier molecular flexibility index (Phi) is 6.05. The third-order valence-electron chi connectivity index (χ3n) is 3.34. The van der Waals surface area contributed by atoms with Crippen LogP contribution in [0, 0.1) is 6.92 Å². The largest absolute Gasteiger partial charge is 0.417 e. The molecule has 0 spiro atoms. The number of carbonyl (C=O) groups is 2. The topological polar surface area (TPSA) is 58.2 Å². The van der Waals surface area contributed by atoms with Crippen LogP contribution < -0.4 is 10.9 Å². The van der Waals surface area contributed by atoms with Crippen LogP contribution in [0.25, 0.3) is 6.08 Å². The van der Waals surface area contributed by atoms with Crippen molar-refractivity contribution in [3.05, 3.63) is 75.8 Å². The molecule has 0 aliphatic heterocycles. The third kappa shape index (κ3) is 5.35. The quantitative estimate of drug-likeness (QED) is 0.619. The molecule has 2 amide bonds. The number of hydrogen-bond donors (Lipinski definition) is 2. The Labute approximate surface area is 152 Å². The van der Waals surface area contributed by atoms with E-state index in [2.05, 4.69) is 10.9 Å². The average molecular weight is 383 g/mol. The summed E-state index contributed by atoms with van der Waals surface area (Å²) in [6, 6.07) is 9.95. The van der Waals surface area contributed by atoms with E-state index in [1.54, 1.807) is 24.3 Å². The molecule has 0 aromatic heterocycles. The number of amides is 2. The van der Waals surface area contributed by atoms with Crippen molar-refractivity contribution in [2.24, 2.45) is 0 Å². The van der Waals surface area contributed by atoms with Gasteiger partial charge in [0.1, 0.15) is 0 Å². The summed E-state index contributed by atoms with van der Waals surface area (Å²) in [6.45, 7) is 1.87. The Morgan fingerprint density at radius 2 is 1.69 bits per heavy atom. The van der Waals surface area contributed by atoms with Gasteiger partial charge in [-0.15, -0.1) is 0 Å². The van der Waals surface area contributed by atoms with Gasteiger partial charge in [0.05, 0.1) is 10.6 Å². The zero-order valence-corrected chi connectivity index (χ0v) is 14.3. The Bertz CT molecular complexity index is 847. The lowest BCUT2D eigenvalue weighted by atomic mass is 10.1. The number of nitrogens with one attached hydrogen (secondary N) is 2. The summed E-state index contributed by atoms with van der Waals surface area (Å²) < 4.78 is 38.4. The van der Waals surface area contributed by atoms with Gasteiger partial charge in [0.25, 0.3) is 11.8 Å². The fourth-order valence-corrected chi connectivity index (χ4v) is 2.20. The lowest BCUT2D eigenvalue weighted by molar-refractivity contribution is -0.137. The lowest BCUT2D eigenvalue weighted by Gasteiger charge is -2.09. The maximum absolute atomic E-state index is 12.8. The minimum atomic E-state index is -4.59. The molecule has 2 aromatic rings. The zero-order valence-electron chi connectivity index (χ0n) is 13.5. The summed E-state index contributed by atoms with van der Waals surface area (Å²) in [5.74, 6) is -1.22. The van der Waals surface area contributed by atoms with Crippen molar-refractivity contribution in [3.8, 4) is 0 Å². The molecule has 0 unspecified atom stereocenters. The Morgan fingerprint density at radius 1 is 1.04 bits per heavy atom. The molecule has 2 N–H and O–H groups in total. The van der Waals surface area contributed by atoms with E-state index < -0.39 is 28.6 Å². The van der Waals surface area contributed by atoms with Gasteiger partial charge in [-0.2, -0.15) is 13.2 Å². The van der Waals surface area contributed by atoms with Crippen LogP contribution in [0.3, 0.4) is 0 Å². The van der Waals surface area contributed by atoms with Crippen molar-refractivity contribution in [1.82, 2.24) is 10.9 Å². The van der Waals surface area contributed by atoms with E-state index >= 15 is 0 Å². The second-order valence-electron chi connectivity index (χ2n) is 5.38. The van der Waals surface area contributed by atoms with Crippen LogP contribution in [0.5, 0.6) is 0 Å². The highest BCUT2D eigenvalue weighted by Gasteiger charge is 2.33. The van der Waals surface area contributed by atoms with Crippen molar-refractivity contribution in [2.75, 3.05) is 0 Å². The van der Waals surface area contributed by atoms with Gasteiger partial charge in [-0.25, -0.2) is 0 Å². The molecule has 0 saturated heterocycles. The standard InChI is InChI=1S/C18H14ClF3N2O2/c1-11-2-6-13(7-3-11)17(26)24-23-16(25)9-5-12-4-8-15(19)14(10-12)18(20,21)22/h2-10H,1H3,(H,23,25)(H,24,26)/b9-5+. The first kappa shape index (κ1) is 19.5. The predicted octanol–water partition coefficient (Wildman–Crippen LogP) is 4.14. The molecule has 2 rings (SSSR count). The molecule has 0 saturated carbocycles. The second-order valence-corrected chi connectivity index (χ2v) is 5.79. The number of carbonyl (C=O) groups excluding carboxylic acids is 2. The van der Waals surface area contributed by atoms with Crippen LogP contribution in [-0.2, 0) is 11.0 Å². The van der Waals surface area contributed by atoms with E-state index in [4.69, 9.17) is 11.6 Å². The van der Waals surface area contributed by atoms with Crippen molar-refractivity contribution in [1.29, 1.82) is 0 Å². The molecule has 0 heterocycles. The molecule has 26 heavy (non-hydrogen) atoms. The van der Waals surface area contributed by atoms with Crippen LogP contribution in [0.15, 0.2) is 48.5 Å². The molecule has 2 aromatic carbocycles. The molecule has 8 heteroatoms. The van der Waals surface area contributed by atoms with Gasteiger partial charge >= 0.3 is 6.18 Å². The third-order valence-corrected chi connectivity index (χ3v) is 3.67. The number of halogens is 4. The lowest BCUT2D eigenvalue weighted by Crippen LogP contribution is -2.40. The van der Waals surface area contributed by atoms with Gasteiger partial charge in [0, 0.05) is 11.6 Å². The van der Waals surface area contributed by atoms with E-state index in [1.807, 2.05) is 6.92 Å². The van der Waals surface area contributed by atoms with E-state index in [0.717, 1.165) is 23.8 Å². The van der Waals surface area contributed by atoms with Crippen molar-refractivity contribution in [3.63, 3.8) is 0 Å². The SMILES string of the molecule is Cc1ccc(C(=O)NNC(=O)/C=C/c2ccc(Cl)c(C(F)(F)F)c2)cc1. The predicted molar refractivity (Wildman–Crippen MR) is 92.3 cm³/mol. The molecular formula is C18H14ClF3N2O2. The van der Waals surface area contributed by atoms with Crippen molar-refractivity contribution >= 4 is 29.5 Å². The average Bonchev–Trinajstić information content (AvgIpc) is 2.58. The normalized spacial score (nSPS) is 11.4. The number of aryl methyl sites for hydroxylation is 1. The molecule has 0 aliphatic rings. The summed E-state index contributed by atoms with van der Waals surface area (Å²) in [5.41, 5.74) is 4.84. The van der Waals surface area contributed by atoms with E-state index in [1.165, 1.54) is 12.1 Å². The molecule has 0 bridgehead atoms. The van der Waals surface area contributed by atoms with Gasteiger partial charge in [-0.3, -0.25) is 20.4 Å². The van der Waals surface area contributed by atoms with Gasteiger partial charge in [0.15, 0.2) is 0 Å². The van der Waals surface area contributed by atoms with E-state index in [-0.39, 0.29) is 5.56 Å². The molecule has 0 fully saturated rings. The number of benzene rings is 2. The summed E-state index contributed by atoms with van der Waals surface area (Å²) in [6.07, 6.45) is -2.41. The minimum absolute atomic E-state index is 0.140. The van der Waals surface area contributed by atoms with Crippen molar-refractivity contribution in [2.45, 2.75) is 13.1 Å². The molecule has 136 valence electrons. The van der Waals surface area contributed by atoms with Crippen molar-refractivity contribution < 1.29 is 22.8 Å². The summed E-state index contributed by atoms with van der Waals surface area (Å²) in [7, 11) is 0. The first-order valence-electron chi connectivity index (χ1n) is 7.38. The zero-order chi connectivity index (χ0) is 19.3. The van der Waals surface area contributed by atoms with E-state index in [0.29, 0.717) is 5.56 Å². The highest BCUT2D eigenvalue weighted by molar-refractivity contribution is 6.31. The maximum atomic E-state index is 12.8. The molecule has 4 nitrogen and oxygen atoms in total. The van der Waals surface area contributed by atoms with E-state index in [9.17, 15) is 22.8 Å². The molecule has 0 aliphatic carbocycles. The number of hydrazine groups is 1. The van der Waals surface area contributed by atoms with Crippen LogP contribution in [0.2, 0.25) is 5.02 Å². The first-order valence-corrected chi connectivity index (χ1v) is 7.76. The number of hydrogen-bond acceptors (Lipinski definition) is 2. The maximum Gasteiger partial charge on any atom is 0.417 e. The highest BCUT2D eigenvalue weighted by atomic mass is 35.5. The van der Waals surface area contributed by atoms with Gasteiger partial charge in [0.2, 0.25) is 0 Å². The van der Waals surface area contributed by atoms with Gasteiger partial charge in [-0.05, 0) is 42.8 Å².